The number of fused-ring (bicyclic) bond motifs is 15. The molecule has 0 amide bonds. The molecule has 0 N–H and O–H groups in total. The van der Waals surface area contributed by atoms with Crippen LogP contribution in [0, 0.1) is 0 Å². The molecular weight excluding hydrogens is 1300 g/mol. The highest BCUT2D eigenvalue weighted by molar-refractivity contribution is 6.36. The SMILES string of the molecule is CC(C)(C)c1cc(-c2c3c(c(-c4cc(C(C)(C)C)cc(C(C)(C)C)c4)c4cc5ccccc5cc24)-c2ccc4c5c(ccc-3c25)-c2c-4c(-c3cc(C(C)(C)C)cc4c3-c3ccc(C(C)(C)C)cc3C4(C)C)c3ccccc3c2-c2cc(C(C)(C)C)cc3c2-c2ccc(C(C)(C)C)cc2C3(C)C)cc(C(C)(C)C)c1. The monoisotopic (exact) mass is 1410 g/mol. The van der Waals surface area contributed by atoms with E-state index in [0.717, 1.165) is 0 Å². The van der Waals surface area contributed by atoms with Crippen molar-refractivity contribution in [2.24, 2.45) is 0 Å². The van der Waals surface area contributed by atoms with Gasteiger partial charge in [0.2, 0.25) is 0 Å². The van der Waals surface area contributed by atoms with Crippen LogP contribution in [-0.2, 0) is 54.1 Å². The van der Waals surface area contributed by atoms with Crippen molar-refractivity contribution in [2.45, 2.75) is 248 Å². The zero-order valence-electron chi connectivity index (χ0n) is 70.3. The Morgan fingerprint density at radius 1 is 0.185 bits per heavy atom. The summed E-state index contributed by atoms with van der Waals surface area (Å²) in [5.41, 5.74) is 41.8. The summed E-state index contributed by atoms with van der Waals surface area (Å²) in [4.78, 5) is 0. The minimum absolute atomic E-state index is 0.0211. The van der Waals surface area contributed by atoms with Gasteiger partial charge < -0.3 is 0 Å². The zero-order chi connectivity index (χ0) is 77.3. The molecule has 13 aromatic carbocycles. The molecule has 0 fully saturated rings. The van der Waals surface area contributed by atoms with Gasteiger partial charge in [0, 0.05) is 10.8 Å². The van der Waals surface area contributed by atoms with Crippen molar-refractivity contribution in [1.82, 2.24) is 0 Å². The van der Waals surface area contributed by atoms with Gasteiger partial charge in [-0.2, -0.15) is 0 Å². The van der Waals surface area contributed by atoms with E-state index in [-0.39, 0.29) is 54.1 Å². The van der Waals surface area contributed by atoms with E-state index in [1.54, 1.807) is 0 Å². The smallest absolute Gasteiger partial charge is 0.0159 e. The maximum absolute atomic E-state index is 2.66. The fourth-order valence-corrected chi connectivity index (χ4v) is 19.3. The van der Waals surface area contributed by atoms with E-state index in [1.165, 1.54) is 221 Å². The number of benzene rings is 13. The summed E-state index contributed by atoms with van der Waals surface area (Å²) in [6.07, 6.45) is 0. The average Bonchev–Trinajstić information content (AvgIpc) is 1.50. The van der Waals surface area contributed by atoms with Crippen LogP contribution in [0.25, 0.3) is 154 Å². The highest BCUT2D eigenvalue weighted by atomic mass is 14.5. The van der Waals surface area contributed by atoms with Crippen LogP contribution in [0.4, 0.5) is 0 Å². The van der Waals surface area contributed by atoms with Gasteiger partial charge in [0.1, 0.15) is 0 Å². The summed E-state index contributed by atoms with van der Waals surface area (Å²) >= 11 is 0. The molecule has 108 heavy (non-hydrogen) atoms. The van der Waals surface area contributed by atoms with Crippen molar-refractivity contribution >= 4 is 43.1 Å². The van der Waals surface area contributed by atoms with Crippen LogP contribution in [0.5, 0.6) is 0 Å². The van der Waals surface area contributed by atoms with E-state index < -0.39 is 0 Å². The fraction of sp³-hybridized carbons (Fsp3) is 0.352. The van der Waals surface area contributed by atoms with Gasteiger partial charge in [-0.05, 0) is 289 Å². The Morgan fingerprint density at radius 2 is 0.444 bits per heavy atom. The van der Waals surface area contributed by atoms with Crippen LogP contribution in [0.2, 0.25) is 0 Å². The van der Waals surface area contributed by atoms with E-state index in [1.807, 2.05) is 0 Å². The second kappa shape index (κ2) is 22.8. The molecule has 0 aromatic heterocycles. The van der Waals surface area contributed by atoms with Crippen LogP contribution in [0.1, 0.15) is 261 Å². The Morgan fingerprint density at radius 3 is 0.741 bits per heavy atom. The van der Waals surface area contributed by atoms with Gasteiger partial charge in [-0.15, -0.1) is 0 Å². The second-order valence-corrected chi connectivity index (χ2v) is 42.6. The van der Waals surface area contributed by atoms with Crippen molar-refractivity contribution in [3.63, 3.8) is 0 Å². The van der Waals surface area contributed by atoms with E-state index in [9.17, 15) is 0 Å². The molecule has 0 heterocycles. The third kappa shape index (κ3) is 10.7. The molecule has 0 nitrogen and oxygen atoms in total. The molecule has 0 atom stereocenters. The first kappa shape index (κ1) is 71.8. The van der Waals surface area contributed by atoms with Gasteiger partial charge in [-0.1, -0.05) is 352 Å². The Labute approximate surface area is 646 Å². The molecular formula is C108H114. The first-order chi connectivity index (χ1) is 50.1. The zero-order valence-corrected chi connectivity index (χ0v) is 70.3. The minimum atomic E-state index is -0.274. The predicted octanol–water partition coefficient (Wildman–Crippen LogP) is 31.3. The van der Waals surface area contributed by atoms with E-state index in [0.29, 0.717) is 0 Å². The Balaban J connectivity index is 1.10. The highest BCUT2D eigenvalue weighted by Gasteiger charge is 2.46. The normalized spacial score (nSPS) is 15.0. The summed E-state index contributed by atoms with van der Waals surface area (Å²) in [5, 5.41) is 10.4. The molecule has 0 radical (unpaired) electrons. The van der Waals surface area contributed by atoms with Gasteiger partial charge in [0.15, 0.2) is 0 Å². The first-order valence-corrected chi connectivity index (χ1v) is 40.4. The topological polar surface area (TPSA) is 0 Å². The van der Waals surface area contributed by atoms with Crippen LogP contribution in [-0.4, -0.2) is 0 Å². The molecule has 0 aliphatic heterocycles. The Kier molecular flexibility index (Phi) is 15.1. The van der Waals surface area contributed by atoms with E-state index in [4.69, 9.17) is 0 Å². The van der Waals surface area contributed by atoms with Gasteiger partial charge in [-0.25, -0.2) is 0 Å². The molecule has 0 unspecified atom stereocenters. The lowest BCUT2D eigenvalue weighted by Gasteiger charge is -2.29. The number of rotatable bonds is 4. The van der Waals surface area contributed by atoms with Crippen LogP contribution in [0.3, 0.4) is 0 Å². The molecule has 0 heteroatoms. The second-order valence-electron chi connectivity index (χ2n) is 42.6. The van der Waals surface area contributed by atoms with Crippen molar-refractivity contribution in [3.05, 3.63) is 249 Å². The molecule has 17 rings (SSSR count). The van der Waals surface area contributed by atoms with Gasteiger partial charge >= 0.3 is 0 Å². The van der Waals surface area contributed by atoms with Crippen molar-refractivity contribution < 1.29 is 0 Å². The third-order valence-electron chi connectivity index (χ3n) is 26.1. The quantitative estimate of drug-likeness (QED) is 0.154. The molecule has 13 aromatic rings. The molecule has 0 spiro atoms. The first-order valence-electron chi connectivity index (χ1n) is 40.4. The largest absolute Gasteiger partial charge is 0.0616 e. The predicted molar refractivity (Wildman–Crippen MR) is 472 cm³/mol. The summed E-state index contributed by atoms with van der Waals surface area (Å²) in [6, 6.07) is 75.4. The fourth-order valence-electron chi connectivity index (χ4n) is 19.3. The van der Waals surface area contributed by atoms with E-state index in [2.05, 4.69) is 376 Å². The van der Waals surface area contributed by atoms with Crippen LogP contribution in [0.15, 0.2) is 182 Å². The maximum atomic E-state index is 2.66. The minimum Gasteiger partial charge on any atom is -0.0616 e. The third-order valence-corrected chi connectivity index (χ3v) is 26.1. The number of hydrogen-bond acceptors (Lipinski definition) is 0. The molecule has 0 saturated heterocycles. The lowest BCUT2D eigenvalue weighted by Crippen LogP contribution is -2.19. The molecule has 4 aliphatic rings. The molecule has 0 bridgehead atoms. The average molecular weight is 1410 g/mol. The van der Waals surface area contributed by atoms with Gasteiger partial charge in [0.25, 0.3) is 0 Å². The number of hydrogen-bond donors (Lipinski definition) is 0. The molecule has 0 saturated carbocycles. The van der Waals surface area contributed by atoms with Crippen LogP contribution >= 0.6 is 0 Å². The Hall–Kier alpha value is -9.10. The van der Waals surface area contributed by atoms with Crippen molar-refractivity contribution in [1.29, 1.82) is 0 Å². The van der Waals surface area contributed by atoms with Gasteiger partial charge in [0.05, 0.1) is 0 Å². The molecule has 4 aliphatic carbocycles. The molecule has 546 valence electrons. The lowest BCUT2D eigenvalue weighted by molar-refractivity contribution is 0.568. The summed E-state index contributed by atoms with van der Waals surface area (Å²) in [5.74, 6) is 0. The Bertz CT molecular complexity index is 5700. The van der Waals surface area contributed by atoms with Gasteiger partial charge in [-0.3, -0.25) is 0 Å². The summed E-state index contributed by atoms with van der Waals surface area (Å²) < 4.78 is 0. The van der Waals surface area contributed by atoms with Crippen LogP contribution < -0.4 is 0 Å². The van der Waals surface area contributed by atoms with Crippen molar-refractivity contribution in [2.75, 3.05) is 0 Å². The van der Waals surface area contributed by atoms with Crippen molar-refractivity contribution in [3.8, 4) is 111 Å². The van der Waals surface area contributed by atoms with E-state index >= 15 is 0 Å². The summed E-state index contributed by atoms with van der Waals surface area (Å²) in [7, 11) is 0. The standard InChI is InChI=1S/C108H114/c1-99(2,3)63-37-39-73-83(55-63)107(25,26)85-57-69(105(19,20)21)53-81(89(73)85)91-71-35-31-32-36-72(71)92(82-54-70(106(22,23)24)58-86-90(82)74-40-38-64(100(4,5)6)56-84(74)108(86,27)28)98-78-44-42-76-93-75(41-43-77(94(78)93)97(91)98)95-87(61-45-65(101(7,8)9)51-66(46-61)102(10,11)12)79-49-59-33-29-30-34-60(59)50-80(79)88(96(76)95)62-47-67(103(13,14)15)52-68(48-62)104(16,17)18/h29-58H,1-28H3. The summed E-state index contributed by atoms with van der Waals surface area (Å²) in [6.45, 7) is 67.6. The lowest BCUT2D eigenvalue weighted by atomic mass is 9.74. The maximum Gasteiger partial charge on any atom is 0.0159 e. The highest BCUT2D eigenvalue weighted by Crippen LogP contribution is 2.68.